The van der Waals surface area contributed by atoms with Gasteiger partial charge in [-0.1, -0.05) is 33.6 Å². The molecule has 5 heteroatoms. The number of hydrogen-bond acceptors (Lipinski definition) is 3. The molecule has 0 spiro atoms. The van der Waals surface area contributed by atoms with E-state index in [1.807, 2.05) is 44.1 Å². The summed E-state index contributed by atoms with van der Waals surface area (Å²) >= 11 is 9.78. The third-order valence-corrected chi connectivity index (χ3v) is 4.55. The summed E-state index contributed by atoms with van der Waals surface area (Å²) in [6, 6.07) is 9.27. The van der Waals surface area contributed by atoms with Gasteiger partial charge in [0.1, 0.15) is 18.1 Å². The maximum atomic E-state index is 10.1. The first-order valence-corrected chi connectivity index (χ1v) is 8.08. The molecule has 0 unspecified atom stereocenters. The van der Waals surface area contributed by atoms with Gasteiger partial charge in [0.05, 0.1) is 0 Å². The molecule has 1 N–H and O–H groups in total. The minimum absolute atomic E-state index is 0.239. The van der Waals surface area contributed by atoms with E-state index in [0.717, 1.165) is 26.9 Å². The molecule has 22 heavy (non-hydrogen) atoms. The van der Waals surface area contributed by atoms with E-state index in [9.17, 15) is 5.11 Å². The largest absolute Gasteiger partial charge is 0.508 e. The van der Waals surface area contributed by atoms with Crippen LogP contribution in [0.15, 0.2) is 34.8 Å². The van der Waals surface area contributed by atoms with E-state index in [4.69, 9.17) is 16.3 Å². The minimum atomic E-state index is 0.239. The molecule has 2 aromatic carbocycles. The first-order valence-electron chi connectivity index (χ1n) is 6.91. The van der Waals surface area contributed by atoms with E-state index in [1.165, 1.54) is 0 Å². The van der Waals surface area contributed by atoms with Gasteiger partial charge >= 0.3 is 0 Å². The van der Waals surface area contributed by atoms with Gasteiger partial charge < -0.3 is 14.7 Å². The summed E-state index contributed by atoms with van der Waals surface area (Å²) in [6.07, 6.45) is 0. The molecule has 3 nitrogen and oxygen atoms in total. The Morgan fingerprint density at radius 3 is 2.64 bits per heavy atom. The summed E-state index contributed by atoms with van der Waals surface area (Å²) in [4.78, 5) is 1.98. The number of hydrogen-bond donors (Lipinski definition) is 1. The maximum absolute atomic E-state index is 10.1. The van der Waals surface area contributed by atoms with Gasteiger partial charge in [-0.05, 0) is 45.3 Å². The zero-order chi connectivity index (χ0) is 16.3. The van der Waals surface area contributed by atoms with Gasteiger partial charge in [-0.3, -0.25) is 0 Å². The molecule has 2 rings (SSSR count). The van der Waals surface area contributed by atoms with Crippen LogP contribution >= 0.6 is 27.5 Å². The smallest absolute Gasteiger partial charge is 0.123 e. The highest BCUT2D eigenvalue weighted by Gasteiger charge is 2.10. The van der Waals surface area contributed by atoms with Crippen molar-refractivity contribution in [2.45, 2.75) is 20.1 Å². The second-order valence-corrected chi connectivity index (χ2v) is 6.72. The zero-order valence-electron chi connectivity index (χ0n) is 12.9. The standard InChI is InChI=1S/C17H19BrClNO2/c1-11-14(18)5-4-6-17(11)22-10-13-8-16(21)12(7-15(13)19)9-20(2)3/h4-8,21H,9-10H2,1-3H3. The summed E-state index contributed by atoms with van der Waals surface area (Å²) < 4.78 is 6.82. The van der Waals surface area contributed by atoms with E-state index in [-0.39, 0.29) is 5.75 Å². The van der Waals surface area contributed by atoms with Crippen LogP contribution in [0, 0.1) is 6.92 Å². The number of ether oxygens (including phenoxy) is 1. The zero-order valence-corrected chi connectivity index (χ0v) is 15.2. The van der Waals surface area contributed by atoms with E-state index in [0.29, 0.717) is 18.2 Å². The minimum Gasteiger partial charge on any atom is -0.508 e. The fraction of sp³-hybridized carbons (Fsp3) is 0.294. The predicted molar refractivity (Wildman–Crippen MR) is 93.7 cm³/mol. The molecule has 0 saturated heterocycles. The van der Waals surface area contributed by atoms with Crippen molar-refractivity contribution in [3.05, 3.63) is 56.5 Å². The molecule has 0 fully saturated rings. The maximum Gasteiger partial charge on any atom is 0.123 e. The molecule has 0 heterocycles. The number of phenols is 1. The first kappa shape index (κ1) is 17.1. The summed E-state index contributed by atoms with van der Waals surface area (Å²) in [7, 11) is 3.89. The fourth-order valence-corrected chi connectivity index (χ4v) is 2.71. The molecule has 0 saturated carbocycles. The highest BCUT2D eigenvalue weighted by molar-refractivity contribution is 9.10. The van der Waals surface area contributed by atoms with Crippen LogP contribution < -0.4 is 4.74 Å². The Bertz CT molecular complexity index is 674. The van der Waals surface area contributed by atoms with Crippen molar-refractivity contribution in [1.82, 2.24) is 4.90 Å². The molecule has 0 aromatic heterocycles. The number of nitrogens with zero attached hydrogens (tertiary/aromatic N) is 1. The second-order valence-electron chi connectivity index (χ2n) is 5.46. The van der Waals surface area contributed by atoms with Crippen molar-refractivity contribution in [2.24, 2.45) is 0 Å². The van der Waals surface area contributed by atoms with Crippen LogP contribution in [0.3, 0.4) is 0 Å². The number of benzene rings is 2. The average Bonchev–Trinajstić information content (AvgIpc) is 2.44. The Hall–Kier alpha value is -1.23. The van der Waals surface area contributed by atoms with Gasteiger partial charge in [-0.15, -0.1) is 0 Å². The van der Waals surface area contributed by atoms with E-state index < -0.39 is 0 Å². The van der Waals surface area contributed by atoms with Crippen molar-refractivity contribution < 1.29 is 9.84 Å². The van der Waals surface area contributed by atoms with Crippen LogP contribution in [0.1, 0.15) is 16.7 Å². The lowest BCUT2D eigenvalue weighted by Gasteiger charge is -2.15. The highest BCUT2D eigenvalue weighted by Crippen LogP contribution is 2.30. The lowest BCUT2D eigenvalue weighted by Crippen LogP contribution is -2.11. The molecular formula is C17H19BrClNO2. The van der Waals surface area contributed by atoms with E-state index in [2.05, 4.69) is 15.9 Å². The predicted octanol–water partition coefficient (Wildman–Crippen LogP) is 4.76. The SMILES string of the molecule is Cc1c(Br)cccc1OCc1cc(O)c(CN(C)C)cc1Cl. The van der Waals surface area contributed by atoms with Gasteiger partial charge in [-0.25, -0.2) is 0 Å². The number of phenolic OH excluding ortho intramolecular Hbond substituents is 1. The fourth-order valence-electron chi connectivity index (χ4n) is 2.12. The molecular weight excluding hydrogens is 366 g/mol. The summed E-state index contributed by atoms with van der Waals surface area (Å²) in [5, 5.41) is 10.7. The Balaban J connectivity index is 2.16. The summed E-state index contributed by atoms with van der Waals surface area (Å²) in [6.45, 7) is 2.93. The average molecular weight is 385 g/mol. The van der Waals surface area contributed by atoms with Crippen molar-refractivity contribution in [1.29, 1.82) is 0 Å². The molecule has 0 aliphatic heterocycles. The van der Waals surface area contributed by atoms with E-state index >= 15 is 0 Å². The quantitative estimate of drug-likeness (QED) is 0.807. The first-order chi connectivity index (χ1) is 10.4. The Kier molecular flexibility index (Phi) is 5.73. The summed E-state index contributed by atoms with van der Waals surface area (Å²) in [5.41, 5.74) is 2.60. The lowest BCUT2D eigenvalue weighted by atomic mass is 10.1. The number of halogens is 2. The molecule has 0 atom stereocenters. The normalized spacial score (nSPS) is 11.0. The van der Waals surface area contributed by atoms with Gasteiger partial charge in [-0.2, -0.15) is 0 Å². The van der Waals surface area contributed by atoms with Crippen molar-refractivity contribution in [3.8, 4) is 11.5 Å². The molecule has 2 aromatic rings. The van der Waals surface area contributed by atoms with Gasteiger partial charge in [0.15, 0.2) is 0 Å². The van der Waals surface area contributed by atoms with Crippen LogP contribution in [0.2, 0.25) is 5.02 Å². The monoisotopic (exact) mass is 383 g/mol. The van der Waals surface area contributed by atoms with Crippen LogP contribution in [0.5, 0.6) is 11.5 Å². The van der Waals surface area contributed by atoms with Crippen LogP contribution in [-0.2, 0) is 13.2 Å². The highest BCUT2D eigenvalue weighted by atomic mass is 79.9. The van der Waals surface area contributed by atoms with Gasteiger partial charge in [0, 0.05) is 32.7 Å². The summed E-state index contributed by atoms with van der Waals surface area (Å²) in [5.74, 6) is 1.03. The lowest BCUT2D eigenvalue weighted by molar-refractivity contribution is 0.303. The van der Waals surface area contributed by atoms with Crippen LogP contribution in [-0.4, -0.2) is 24.1 Å². The molecule has 0 amide bonds. The Labute approximate surface area is 144 Å². The van der Waals surface area contributed by atoms with E-state index in [1.54, 1.807) is 12.1 Å². The Morgan fingerprint density at radius 1 is 1.23 bits per heavy atom. The van der Waals surface area contributed by atoms with Crippen LogP contribution in [0.4, 0.5) is 0 Å². The molecule has 0 aliphatic rings. The Morgan fingerprint density at radius 2 is 1.95 bits per heavy atom. The molecule has 118 valence electrons. The van der Waals surface area contributed by atoms with Gasteiger partial charge in [0.25, 0.3) is 0 Å². The number of aromatic hydroxyl groups is 1. The number of rotatable bonds is 5. The van der Waals surface area contributed by atoms with Crippen molar-refractivity contribution >= 4 is 27.5 Å². The van der Waals surface area contributed by atoms with Crippen molar-refractivity contribution in [3.63, 3.8) is 0 Å². The second kappa shape index (κ2) is 7.36. The molecule has 0 bridgehead atoms. The topological polar surface area (TPSA) is 32.7 Å². The van der Waals surface area contributed by atoms with Crippen LogP contribution in [0.25, 0.3) is 0 Å². The van der Waals surface area contributed by atoms with Gasteiger partial charge in [0.2, 0.25) is 0 Å². The molecule has 0 aliphatic carbocycles. The third kappa shape index (κ3) is 4.15. The van der Waals surface area contributed by atoms with Crippen molar-refractivity contribution in [2.75, 3.05) is 14.1 Å². The molecule has 0 radical (unpaired) electrons. The third-order valence-electron chi connectivity index (χ3n) is 3.34.